The van der Waals surface area contributed by atoms with E-state index in [4.69, 9.17) is 4.74 Å². The summed E-state index contributed by atoms with van der Waals surface area (Å²) in [6, 6.07) is 8.54. The van der Waals surface area contributed by atoms with Crippen molar-refractivity contribution in [2.45, 2.75) is 39.3 Å². The fourth-order valence-corrected chi connectivity index (χ4v) is 2.35. The predicted octanol–water partition coefficient (Wildman–Crippen LogP) is 2.66. The van der Waals surface area contributed by atoms with Crippen molar-refractivity contribution in [2.24, 2.45) is 0 Å². The van der Waals surface area contributed by atoms with E-state index in [0.717, 1.165) is 38.3 Å². The van der Waals surface area contributed by atoms with Crippen molar-refractivity contribution in [1.29, 1.82) is 0 Å². The Morgan fingerprint density at radius 2 is 2.21 bits per heavy atom. The number of ether oxygens (including phenoxy) is 1. The van der Waals surface area contributed by atoms with Gasteiger partial charge in [0.2, 0.25) is 0 Å². The van der Waals surface area contributed by atoms with Gasteiger partial charge in [0, 0.05) is 19.6 Å². The number of hydrogen-bond donors (Lipinski definition) is 1. The van der Waals surface area contributed by atoms with Crippen molar-refractivity contribution in [1.82, 2.24) is 10.2 Å². The zero-order valence-electron chi connectivity index (χ0n) is 12.2. The zero-order valence-corrected chi connectivity index (χ0v) is 12.2. The van der Waals surface area contributed by atoms with Gasteiger partial charge in [-0.2, -0.15) is 0 Å². The molecule has 0 aliphatic carbocycles. The minimum absolute atomic E-state index is 0.289. The van der Waals surface area contributed by atoms with Crippen molar-refractivity contribution in [3.63, 3.8) is 0 Å². The Balaban J connectivity index is 1.93. The lowest BCUT2D eigenvalue weighted by molar-refractivity contribution is 0.216. The Bertz CT molecular complexity index is 373. The number of nitrogens with one attached hydrogen (secondary N) is 1. The molecule has 2 rings (SSSR count). The second-order valence-electron chi connectivity index (χ2n) is 5.36. The molecule has 1 fully saturated rings. The molecule has 0 aromatic heterocycles. The van der Waals surface area contributed by atoms with Gasteiger partial charge in [-0.15, -0.1) is 0 Å². The molecule has 1 aliphatic rings. The molecule has 1 heterocycles. The first kappa shape index (κ1) is 14.4. The van der Waals surface area contributed by atoms with Crippen LogP contribution in [0.2, 0.25) is 0 Å². The number of nitrogens with zero attached hydrogens (tertiary/aromatic N) is 1. The highest BCUT2D eigenvalue weighted by Gasteiger charge is 2.09. The Morgan fingerprint density at radius 3 is 3.05 bits per heavy atom. The minimum atomic E-state index is 0.289. The van der Waals surface area contributed by atoms with E-state index in [0.29, 0.717) is 0 Å². The molecule has 3 nitrogen and oxygen atoms in total. The topological polar surface area (TPSA) is 24.5 Å². The van der Waals surface area contributed by atoms with E-state index in [1.807, 2.05) is 0 Å². The largest absolute Gasteiger partial charge is 0.491 e. The van der Waals surface area contributed by atoms with Gasteiger partial charge in [-0.25, -0.2) is 0 Å². The molecule has 1 atom stereocenters. The van der Waals surface area contributed by atoms with Crippen LogP contribution in [-0.4, -0.2) is 37.2 Å². The lowest BCUT2D eigenvalue weighted by Gasteiger charge is -2.20. The van der Waals surface area contributed by atoms with Gasteiger partial charge in [0.1, 0.15) is 5.75 Å². The quantitative estimate of drug-likeness (QED) is 0.883. The third kappa shape index (κ3) is 4.84. The first-order valence-electron chi connectivity index (χ1n) is 7.46. The van der Waals surface area contributed by atoms with Crippen LogP contribution in [0.25, 0.3) is 0 Å². The second kappa shape index (κ2) is 7.51. The maximum Gasteiger partial charge on any atom is 0.120 e. The van der Waals surface area contributed by atoms with Crippen LogP contribution in [0.4, 0.5) is 0 Å². The molecule has 3 heteroatoms. The summed E-state index contributed by atoms with van der Waals surface area (Å²) in [5.74, 6) is 1.000. The third-order valence-electron chi connectivity index (χ3n) is 3.65. The van der Waals surface area contributed by atoms with Crippen LogP contribution in [0, 0.1) is 0 Å². The Morgan fingerprint density at radius 1 is 1.32 bits per heavy atom. The third-order valence-corrected chi connectivity index (χ3v) is 3.65. The SMILES string of the molecule is CCC(C)Oc1cccc(CN2CCCNCC2)c1. The molecule has 1 aromatic carbocycles. The second-order valence-corrected chi connectivity index (χ2v) is 5.36. The smallest absolute Gasteiger partial charge is 0.120 e. The van der Waals surface area contributed by atoms with Crippen molar-refractivity contribution < 1.29 is 4.74 Å². The van der Waals surface area contributed by atoms with Crippen LogP contribution in [0.15, 0.2) is 24.3 Å². The van der Waals surface area contributed by atoms with E-state index >= 15 is 0 Å². The summed E-state index contributed by atoms with van der Waals surface area (Å²) in [5.41, 5.74) is 1.35. The van der Waals surface area contributed by atoms with Gasteiger partial charge >= 0.3 is 0 Å². The summed E-state index contributed by atoms with van der Waals surface area (Å²) < 4.78 is 5.89. The Labute approximate surface area is 116 Å². The van der Waals surface area contributed by atoms with E-state index in [2.05, 4.69) is 48.3 Å². The maximum atomic E-state index is 5.89. The minimum Gasteiger partial charge on any atom is -0.491 e. The van der Waals surface area contributed by atoms with Crippen LogP contribution < -0.4 is 10.1 Å². The fraction of sp³-hybridized carbons (Fsp3) is 0.625. The predicted molar refractivity (Wildman–Crippen MR) is 79.6 cm³/mol. The van der Waals surface area contributed by atoms with Crippen molar-refractivity contribution in [3.8, 4) is 5.75 Å². The van der Waals surface area contributed by atoms with E-state index in [9.17, 15) is 0 Å². The van der Waals surface area contributed by atoms with Gasteiger partial charge in [0.15, 0.2) is 0 Å². The highest BCUT2D eigenvalue weighted by atomic mass is 16.5. The van der Waals surface area contributed by atoms with Gasteiger partial charge in [-0.1, -0.05) is 19.1 Å². The molecule has 1 saturated heterocycles. The van der Waals surface area contributed by atoms with Crippen molar-refractivity contribution >= 4 is 0 Å². The van der Waals surface area contributed by atoms with Crippen molar-refractivity contribution in [2.75, 3.05) is 26.2 Å². The van der Waals surface area contributed by atoms with Crippen LogP contribution in [0.5, 0.6) is 5.75 Å². The highest BCUT2D eigenvalue weighted by Crippen LogP contribution is 2.17. The van der Waals surface area contributed by atoms with Crippen LogP contribution in [-0.2, 0) is 6.54 Å². The normalized spacial score (nSPS) is 18.8. The van der Waals surface area contributed by atoms with Gasteiger partial charge < -0.3 is 10.1 Å². The molecule has 1 aromatic rings. The zero-order chi connectivity index (χ0) is 13.5. The van der Waals surface area contributed by atoms with Gasteiger partial charge in [-0.3, -0.25) is 4.90 Å². The average Bonchev–Trinajstić information content (AvgIpc) is 2.67. The van der Waals surface area contributed by atoms with E-state index in [1.165, 1.54) is 18.5 Å². The molecule has 1 N–H and O–H groups in total. The molecule has 1 aliphatic heterocycles. The van der Waals surface area contributed by atoms with Crippen molar-refractivity contribution in [3.05, 3.63) is 29.8 Å². The van der Waals surface area contributed by atoms with Gasteiger partial charge in [0.25, 0.3) is 0 Å². The monoisotopic (exact) mass is 262 g/mol. The number of hydrogen-bond acceptors (Lipinski definition) is 3. The first-order valence-corrected chi connectivity index (χ1v) is 7.46. The molecule has 1 unspecified atom stereocenters. The molecular weight excluding hydrogens is 236 g/mol. The maximum absolute atomic E-state index is 5.89. The molecule has 106 valence electrons. The number of benzene rings is 1. The van der Waals surface area contributed by atoms with Crippen LogP contribution >= 0.6 is 0 Å². The van der Waals surface area contributed by atoms with Gasteiger partial charge in [-0.05, 0) is 50.6 Å². The van der Waals surface area contributed by atoms with Gasteiger partial charge in [0.05, 0.1) is 6.10 Å². The molecule has 0 bridgehead atoms. The highest BCUT2D eigenvalue weighted by molar-refractivity contribution is 5.28. The van der Waals surface area contributed by atoms with Crippen LogP contribution in [0.3, 0.4) is 0 Å². The Kier molecular flexibility index (Phi) is 5.67. The summed E-state index contributed by atoms with van der Waals surface area (Å²) >= 11 is 0. The summed E-state index contributed by atoms with van der Waals surface area (Å²) in [5, 5.41) is 3.44. The molecule has 0 amide bonds. The molecule has 0 radical (unpaired) electrons. The summed E-state index contributed by atoms with van der Waals surface area (Å²) in [6.45, 7) is 9.86. The fourth-order valence-electron chi connectivity index (χ4n) is 2.35. The summed E-state index contributed by atoms with van der Waals surface area (Å²) in [7, 11) is 0. The average molecular weight is 262 g/mol. The number of rotatable bonds is 5. The Hall–Kier alpha value is -1.06. The van der Waals surface area contributed by atoms with E-state index in [-0.39, 0.29) is 6.10 Å². The van der Waals surface area contributed by atoms with E-state index < -0.39 is 0 Å². The standard InChI is InChI=1S/C16H26N2O/c1-3-14(2)19-16-7-4-6-15(12-16)13-18-10-5-8-17-9-11-18/h4,6-7,12,14,17H,3,5,8-11,13H2,1-2H3. The lowest BCUT2D eigenvalue weighted by Crippen LogP contribution is -2.27. The molecule has 0 spiro atoms. The molecular formula is C16H26N2O. The first-order chi connectivity index (χ1) is 9.28. The lowest BCUT2D eigenvalue weighted by atomic mass is 10.2. The summed E-state index contributed by atoms with van der Waals surface area (Å²) in [6.07, 6.45) is 2.57. The molecule has 19 heavy (non-hydrogen) atoms. The van der Waals surface area contributed by atoms with E-state index in [1.54, 1.807) is 0 Å². The van der Waals surface area contributed by atoms with Crippen LogP contribution in [0.1, 0.15) is 32.3 Å². The molecule has 0 saturated carbocycles. The summed E-state index contributed by atoms with van der Waals surface area (Å²) in [4.78, 5) is 2.52.